The van der Waals surface area contributed by atoms with Crippen molar-refractivity contribution in [2.24, 2.45) is 7.05 Å². The zero-order valence-electron chi connectivity index (χ0n) is 13.2. The summed E-state index contributed by atoms with van der Waals surface area (Å²) in [6.45, 7) is 4.17. The van der Waals surface area contributed by atoms with Crippen molar-refractivity contribution in [3.63, 3.8) is 0 Å². The smallest absolute Gasteiger partial charge is 0.0668 e. The van der Waals surface area contributed by atoms with Crippen LogP contribution in [0.5, 0.6) is 0 Å². The lowest BCUT2D eigenvalue weighted by atomic mass is 9.95. The monoisotopic (exact) mass is 288 g/mol. The summed E-state index contributed by atoms with van der Waals surface area (Å²) in [5.74, 6) is 0. The summed E-state index contributed by atoms with van der Waals surface area (Å²) in [7, 11) is 1.99. The quantitative estimate of drug-likeness (QED) is 0.687. The normalized spacial score (nSPS) is 10.5. The van der Waals surface area contributed by atoms with Gasteiger partial charge in [-0.05, 0) is 36.6 Å². The van der Waals surface area contributed by atoms with E-state index in [4.69, 9.17) is 0 Å². The fourth-order valence-electron chi connectivity index (χ4n) is 2.71. The van der Waals surface area contributed by atoms with Crippen molar-refractivity contribution in [1.29, 1.82) is 0 Å². The molecule has 0 aliphatic heterocycles. The molecule has 22 heavy (non-hydrogen) atoms. The van der Waals surface area contributed by atoms with E-state index in [0.29, 0.717) is 0 Å². The van der Waals surface area contributed by atoms with Crippen LogP contribution in [0.3, 0.4) is 0 Å². The van der Waals surface area contributed by atoms with Crippen molar-refractivity contribution in [3.05, 3.63) is 88.7 Å². The second kappa shape index (κ2) is 6.02. The van der Waals surface area contributed by atoms with Crippen LogP contribution in [0.4, 0.5) is 0 Å². The fourth-order valence-corrected chi connectivity index (χ4v) is 2.71. The van der Waals surface area contributed by atoms with Crippen LogP contribution in [0.15, 0.2) is 60.7 Å². The first-order valence-corrected chi connectivity index (χ1v) is 7.49. The average molecular weight is 288 g/mol. The number of aromatic nitrogens is 2. The highest BCUT2D eigenvalue weighted by atomic mass is 15.3. The molecule has 0 saturated carbocycles. The van der Waals surface area contributed by atoms with E-state index in [-0.39, 0.29) is 0 Å². The third kappa shape index (κ3) is 2.73. The minimum absolute atomic E-state index is 1.06. The standard InChI is InChI=1S/C20H20N2/c1-15-19(16(2)22(3)21-15)14-20(17-10-6-4-7-11-17)18-12-8-5-9-13-18/h4-14H,1-3H3. The predicted molar refractivity (Wildman–Crippen MR) is 92.5 cm³/mol. The highest BCUT2D eigenvalue weighted by molar-refractivity contribution is 5.92. The van der Waals surface area contributed by atoms with Gasteiger partial charge in [-0.1, -0.05) is 60.7 Å². The highest BCUT2D eigenvalue weighted by Crippen LogP contribution is 2.27. The van der Waals surface area contributed by atoms with Gasteiger partial charge in [0.15, 0.2) is 0 Å². The summed E-state index contributed by atoms with van der Waals surface area (Å²) in [6, 6.07) is 21.0. The molecule has 1 heterocycles. The van der Waals surface area contributed by atoms with Gasteiger partial charge < -0.3 is 0 Å². The van der Waals surface area contributed by atoms with E-state index in [1.54, 1.807) is 0 Å². The van der Waals surface area contributed by atoms with E-state index in [2.05, 4.69) is 73.6 Å². The molecule has 0 aliphatic rings. The SMILES string of the molecule is Cc1nn(C)c(C)c1C=C(c1ccccc1)c1ccccc1. The van der Waals surface area contributed by atoms with Crippen molar-refractivity contribution in [2.75, 3.05) is 0 Å². The van der Waals surface area contributed by atoms with Crippen molar-refractivity contribution in [2.45, 2.75) is 13.8 Å². The third-order valence-corrected chi connectivity index (χ3v) is 4.02. The van der Waals surface area contributed by atoms with E-state index in [9.17, 15) is 0 Å². The number of benzene rings is 2. The van der Waals surface area contributed by atoms with Gasteiger partial charge in [-0.3, -0.25) is 4.68 Å². The number of nitrogens with zero attached hydrogens (tertiary/aromatic N) is 2. The maximum absolute atomic E-state index is 4.52. The van der Waals surface area contributed by atoms with E-state index in [1.165, 1.54) is 28.0 Å². The Labute approximate surface area is 131 Å². The highest BCUT2D eigenvalue weighted by Gasteiger charge is 2.10. The Morgan fingerprint density at radius 1 is 0.864 bits per heavy atom. The predicted octanol–water partition coefficient (Wildman–Crippen LogP) is 4.63. The van der Waals surface area contributed by atoms with Crippen molar-refractivity contribution in [3.8, 4) is 0 Å². The number of hydrogen-bond acceptors (Lipinski definition) is 1. The summed E-state index contributed by atoms with van der Waals surface area (Å²) in [5, 5.41) is 4.52. The zero-order chi connectivity index (χ0) is 15.5. The van der Waals surface area contributed by atoms with Crippen LogP contribution in [-0.2, 0) is 7.05 Å². The summed E-state index contributed by atoms with van der Waals surface area (Å²) < 4.78 is 1.94. The minimum atomic E-state index is 1.06. The van der Waals surface area contributed by atoms with Crippen LogP contribution < -0.4 is 0 Å². The minimum Gasteiger partial charge on any atom is -0.272 e. The van der Waals surface area contributed by atoms with Gasteiger partial charge >= 0.3 is 0 Å². The number of hydrogen-bond donors (Lipinski definition) is 0. The zero-order valence-corrected chi connectivity index (χ0v) is 13.2. The van der Waals surface area contributed by atoms with E-state index in [1.807, 2.05) is 23.9 Å². The fraction of sp³-hybridized carbons (Fsp3) is 0.150. The van der Waals surface area contributed by atoms with Gasteiger partial charge in [0, 0.05) is 18.3 Å². The Kier molecular flexibility index (Phi) is 3.92. The first-order chi connectivity index (χ1) is 10.7. The Hall–Kier alpha value is -2.61. The first kappa shape index (κ1) is 14.3. The van der Waals surface area contributed by atoms with Crippen LogP contribution in [0.1, 0.15) is 28.1 Å². The summed E-state index contributed by atoms with van der Waals surface area (Å²) in [6.07, 6.45) is 2.25. The second-order valence-electron chi connectivity index (χ2n) is 5.50. The van der Waals surface area contributed by atoms with E-state index >= 15 is 0 Å². The molecule has 0 aliphatic carbocycles. The third-order valence-electron chi connectivity index (χ3n) is 4.02. The lowest BCUT2D eigenvalue weighted by Crippen LogP contribution is -1.93. The van der Waals surface area contributed by atoms with Gasteiger partial charge in [-0.15, -0.1) is 0 Å². The van der Waals surface area contributed by atoms with Gasteiger partial charge in [-0.25, -0.2) is 0 Å². The maximum atomic E-state index is 4.52. The summed E-state index contributed by atoms with van der Waals surface area (Å²) >= 11 is 0. The largest absolute Gasteiger partial charge is 0.272 e. The Balaban J connectivity index is 2.20. The molecule has 2 aromatic carbocycles. The van der Waals surface area contributed by atoms with Gasteiger partial charge in [0.25, 0.3) is 0 Å². The summed E-state index contributed by atoms with van der Waals surface area (Å²) in [5.41, 5.74) is 7.10. The average Bonchev–Trinajstić information content (AvgIpc) is 2.80. The second-order valence-corrected chi connectivity index (χ2v) is 5.50. The molecular weight excluding hydrogens is 268 g/mol. The van der Waals surface area contributed by atoms with Crippen molar-refractivity contribution in [1.82, 2.24) is 9.78 Å². The lowest BCUT2D eigenvalue weighted by Gasteiger charge is -2.09. The Bertz CT molecular complexity index is 755. The molecular formula is C20H20N2. The molecule has 0 saturated heterocycles. The Morgan fingerprint density at radius 3 is 1.77 bits per heavy atom. The maximum Gasteiger partial charge on any atom is 0.0668 e. The van der Waals surface area contributed by atoms with Gasteiger partial charge in [0.1, 0.15) is 0 Å². The van der Waals surface area contributed by atoms with Gasteiger partial charge in [-0.2, -0.15) is 5.10 Å². The molecule has 2 nitrogen and oxygen atoms in total. The topological polar surface area (TPSA) is 17.8 Å². The molecule has 110 valence electrons. The van der Waals surface area contributed by atoms with E-state index in [0.717, 1.165) is 5.69 Å². The van der Waals surface area contributed by atoms with Crippen LogP contribution >= 0.6 is 0 Å². The summed E-state index contributed by atoms with van der Waals surface area (Å²) in [4.78, 5) is 0. The van der Waals surface area contributed by atoms with Crippen LogP contribution in [0.2, 0.25) is 0 Å². The van der Waals surface area contributed by atoms with Crippen LogP contribution in [0.25, 0.3) is 11.6 Å². The number of aryl methyl sites for hydroxylation is 2. The Morgan fingerprint density at radius 2 is 1.36 bits per heavy atom. The molecule has 0 fully saturated rings. The van der Waals surface area contributed by atoms with Gasteiger partial charge in [0.05, 0.1) is 5.69 Å². The molecule has 0 spiro atoms. The molecule has 3 aromatic rings. The molecule has 0 N–H and O–H groups in total. The first-order valence-electron chi connectivity index (χ1n) is 7.49. The van der Waals surface area contributed by atoms with E-state index < -0.39 is 0 Å². The van der Waals surface area contributed by atoms with Crippen molar-refractivity contribution < 1.29 is 0 Å². The molecule has 0 unspecified atom stereocenters. The molecule has 0 atom stereocenters. The van der Waals surface area contributed by atoms with Crippen molar-refractivity contribution >= 4 is 11.6 Å². The lowest BCUT2D eigenvalue weighted by molar-refractivity contribution is 0.731. The number of rotatable bonds is 3. The van der Waals surface area contributed by atoms with Gasteiger partial charge in [0.2, 0.25) is 0 Å². The molecule has 0 radical (unpaired) electrons. The molecule has 2 heteroatoms. The van der Waals surface area contributed by atoms with Crippen LogP contribution in [-0.4, -0.2) is 9.78 Å². The molecule has 1 aromatic heterocycles. The molecule has 3 rings (SSSR count). The van der Waals surface area contributed by atoms with Crippen LogP contribution in [0, 0.1) is 13.8 Å². The molecule has 0 bridgehead atoms. The molecule has 0 amide bonds.